The van der Waals surface area contributed by atoms with Crippen LogP contribution in [0.25, 0.3) is 0 Å². The van der Waals surface area contributed by atoms with Crippen molar-refractivity contribution in [3.63, 3.8) is 0 Å². The number of nitrogens with zero attached hydrogens (tertiary/aromatic N) is 3. The van der Waals surface area contributed by atoms with Crippen LogP contribution in [0.2, 0.25) is 0 Å². The molecule has 0 bridgehead atoms. The summed E-state index contributed by atoms with van der Waals surface area (Å²) in [6.45, 7) is 3.39. The number of aromatic nitrogens is 2. The van der Waals surface area contributed by atoms with Crippen molar-refractivity contribution >= 4 is 17.2 Å². The molecule has 0 aromatic carbocycles. The zero-order chi connectivity index (χ0) is 17.9. The summed E-state index contributed by atoms with van der Waals surface area (Å²) in [5.74, 6) is 1.32. The molecule has 7 heteroatoms. The normalized spacial score (nSPS) is 17.6. The summed E-state index contributed by atoms with van der Waals surface area (Å²) in [7, 11) is 0. The van der Waals surface area contributed by atoms with Crippen molar-refractivity contribution in [3.8, 4) is 5.88 Å². The molecule has 0 spiro atoms. The lowest BCUT2D eigenvalue weighted by atomic mass is 10.0. The third kappa shape index (κ3) is 3.35. The lowest BCUT2D eigenvalue weighted by Crippen LogP contribution is -2.37. The predicted octanol–water partition coefficient (Wildman–Crippen LogP) is 2.24. The van der Waals surface area contributed by atoms with Gasteiger partial charge in [0.1, 0.15) is 11.9 Å². The van der Waals surface area contributed by atoms with Crippen LogP contribution >= 0.6 is 0 Å². The van der Waals surface area contributed by atoms with Gasteiger partial charge in [0.25, 0.3) is 0 Å². The van der Waals surface area contributed by atoms with Crippen LogP contribution < -0.4 is 15.4 Å². The standard InChI is InChI=1S/C19H23N5O2/c20-15-3-7-23-19(26-14-4-10-25-11-5-14)17(15)18(21)13-2-6-22-16(12-13)24-8-1-9-24/h2-3,6-7,12,14,21H,1,4-5,8-11H2,(H2,20,23). The molecule has 3 N–H and O–H groups in total. The van der Waals surface area contributed by atoms with Crippen molar-refractivity contribution in [3.05, 3.63) is 41.7 Å². The Morgan fingerprint density at radius 2 is 1.96 bits per heavy atom. The molecule has 2 aliphatic rings. The highest BCUT2D eigenvalue weighted by Crippen LogP contribution is 2.28. The largest absolute Gasteiger partial charge is 0.474 e. The summed E-state index contributed by atoms with van der Waals surface area (Å²) in [6, 6.07) is 5.47. The van der Waals surface area contributed by atoms with Crippen LogP contribution in [-0.2, 0) is 4.74 Å². The molecule has 4 rings (SSSR count). The minimum absolute atomic E-state index is 0.0405. The van der Waals surface area contributed by atoms with Gasteiger partial charge in [0.2, 0.25) is 5.88 Å². The van der Waals surface area contributed by atoms with Gasteiger partial charge in [-0.05, 0) is 24.6 Å². The van der Waals surface area contributed by atoms with Crippen LogP contribution in [0.3, 0.4) is 0 Å². The molecule has 2 aromatic heterocycles. The van der Waals surface area contributed by atoms with Crippen LogP contribution in [0.1, 0.15) is 30.4 Å². The molecule has 0 aliphatic carbocycles. The molecule has 0 unspecified atom stereocenters. The van der Waals surface area contributed by atoms with E-state index in [4.69, 9.17) is 20.6 Å². The molecule has 0 radical (unpaired) electrons. The maximum Gasteiger partial charge on any atom is 0.225 e. The summed E-state index contributed by atoms with van der Waals surface area (Å²) in [6.07, 6.45) is 6.22. The van der Waals surface area contributed by atoms with E-state index in [0.29, 0.717) is 36.1 Å². The number of nitrogen functional groups attached to an aromatic ring is 1. The smallest absolute Gasteiger partial charge is 0.225 e. The Bertz CT molecular complexity index is 800. The van der Waals surface area contributed by atoms with Gasteiger partial charge < -0.3 is 20.1 Å². The maximum atomic E-state index is 8.71. The lowest BCUT2D eigenvalue weighted by Gasteiger charge is -2.32. The van der Waals surface area contributed by atoms with Crippen LogP contribution in [0.15, 0.2) is 30.6 Å². The van der Waals surface area contributed by atoms with Gasteiger partial charge in [-0.2, -0.15) is 0 Å². The molecule has 2 fully saturated rings. The Balaban J connectivity index is 1.62. The second-order valence-electron chi connectivity index (χ2n) is 6.63. The number of rotatable bonds is 5. The number of hydrogen-bond donors (Lipinski definition) is 2. The highest BCUT2D eigenvalue weighted by molar-refractivity contribution is 6.15. The first kappa shape index (κ1) is 16.8. The quantitative estimate of drug-likeness (QED) is 0.800. The Morgan fingerprint density at radius 1 is 1.19 bits per heavy atom. The number of nitrogens with two attached hydrogens (primary N) is 1. The van der Waals surface area contributed by atoms with E-state index in [1.165, 1.54) is 6.42 Å². The molecule has 7 nitrogen and oxygen atoms in total. The van der Waals surface area contributed by atoms with E-state index in [9.17, 15) is 0 Å². The van der Waals surface area contributed by atoms with E-state index in [0.717, 1.165) is 37.3 Å². The first-order valence-corrected chi connectivity index (χ1v) is 9.01. The molecule has 0 amide bonds. The third-order valence-corrected chi connectivity index (χ3v) is 4.86. The first-order chi connectivity index (χ1) is 12.7. The number of anilines is 2. The van der Waals surface area contributed by atoms with Gasteiger partial charge in [-0.15, -0.1) is 0 Å². The molecular formula is C19H23N5O2. The molecule has 0 atom stereocenters. The highest BCUT2D eigenvalue weighted by atomic mass is 16.5. The SMILES string of the molecule is N=C(c1ccnc(N2CCC2)c1)c1c(N)ccnc1OC1CCOCC1. The fourth-order valence-corrected chi connectivity index (χ4v) is 3.19. The number of hydrogen-bond acceptors (Lipinski definition) is 7. The zero-order valence-electron chi connectivity index (χ0n) is 14.6. The molecule has 2 aliphatic heterocycles. The van der Waals surface area contributed by atoms with Gasteiger partial charge in [-0.25, -0.2) is 9.97 Å². The van der Waals surface area contributed by atoms with E-state index in [2.05, 4.69) is 14.9 Å². The number of pyridine rings is 2. The molecule has 136 valence electrons. The van der Waals surface area contributed by atoms with Crippen LogP contribution in [0.4, 0.5) is 11.5 Å². The van der Waals surface area contributed by atoms with Gasteiger partial charge in [0.15, 0.2) is 0 Å². The van der Waals surface area contributed by atoms with Gasteiger partial charge >= 0.3 is 0 Å². The van der Waals surface area contributed by atoms with Gasteiger partial charge in [-0.3, -0.25) is 5.41 Å². The van der Waals surface area contributed by atoms with Crippen LogP contribution in [0.5, 0.6) is 5.88 Å². The second kappa shape index (κ2) is 7.29. The van der Waals surface area contributed by atoms with Gasteiger partial charge in [0, 0.05) is 49.6 Å². The van der Waals surface area contributed by atoms with Gasteiger partial charge in [-0.1, -0.05) is 0 Å². The van der Waals surface area contributed by atoms with Crippen molar-refractivity contribution in [1.82, 2.24) is 9.97 Å². The van der Waals surface area contributed by atoms with Gasteiger partial charge in [0.05, 0.1) is 24.5 Å². The monoisotopic (exact) mass is 353 g/mol. The minimum Gasteiger partial charge on any atom is -0.474 e. The molecule has 26 heavy (non-hydrogen) atoms. The van der Waals surface area contributed by atoms with Crippen molar-refractivity contribution < 1.29 is 9.47 Å². The number of ether oxygens (including phenoxy) is 2. The Morgan fingerprint density at radius 3 is 2.69 bits per heavy atom. The first-order valence-electron chi connectivity index (χ1n) is 9.01. The van der Waals surface area contributed by atoms with Crippen molar-refractivity contribution in [2.24, 2.45) is 0 Å². The lowest BCUT2D eigenvalue weighted by molar-refractivity contribution is 0.0237. The third-order valence-electron chi connectivity index (χ3n) is 4.86. The average molecular weight is 353 g/mol. The Kier molecular flexibility index (Phi) is 4.71. The van der Waals surface area contributed by atoms with E-state index < -0.39 is 0 Å². The topological polar surface area (TPSA) is 97.4 Å². The highest BCUT2D eigenvalue weighted by Gasteiger charge is 2.23. The second-order valence-corrected chi connectivity index (χ2v) is 6.63. The molecular weight excluding hydrogens is 330 g/mol. The van der Waals surface area contributed by atoms with Crippen molar-refractivity contribution in [2.45, 2.75) is 25.4 Å². The van der Waals surface area contributed by atoms with E-state index in [1.54, 1.807) is 18.5 Å². The summed E-state index contributed by atoms with van der Waals surface area (Å²) in [5, 5.41) is 8.71. The van der Waals surface area contributed by atoms with E-state index in [-0.39, 0.29) is 6.10 Å². The summed E-state index contributed by atoms with van der Waals surface area (Å²) in [5.41, 5.74) is 8.29. The summed E-state index contributed by atoms with van der Waals surface area (Å²) in [4.78, 5) is 11.0. The summed E-state index contributed by atoms with van der Waals surface area (Å²) >= 11 is 0. The Hall–Kier alpha value is -2.67. The van der Waals surface area contributed by atoms with E-state index in [1.807, 2.05) is 12.1 Å². The zero-order valence-corrected chi connectivity index (χ0v) is 14.6. The maximum absolute atomic E-state index is 8.71. The molecule has 2 saturated heterocycles. The molecule has 2 aromatic rings. The van der Waals surface area contributed by atoms with Crippen LogP contribution in [0, 0.1) is 5.41 Å². The molecule has 4 heterocycles. The fraction of sp³-hybridized carbons (Fsp3) is 0.421. The number of nitrogens with one attached hydrogen (secondary N) is 1. The van der Waals surface area contributed by atoms with Crippen molar-refractivity contribution in [1.29, 1.82) is 5.41 Å². The minimum atomic E-state index is 0.0405. The van der Waals surface area contributed by atoms with Crippen molar-refractivity contribution in [2.75, 3.05) is 36.9 Å². The Labute approximate surface area is 152 Å². The molecule has 0 saturated carbocycles. The fourth-order valence-electron chi connectivity index (χ4n) is 3.19. The summed E-state index contributed by atoms with van der Waals surface area (Å²) < 4.78 is 11.5. The average Bonchev–Trinajstić information content (AvgIpc) is 2.61. The predicted molar refractivity (Wildman–Crippen MR) is 100 cm³/mol. The van der Waals surface area contributed by atoms with E-state index >= 15 is 0 Å². The van der Waals surface area contributed by atoms with Crippen LogP contribution in [-0.4, -0.2) is 48.1 Å².